The van der Waals surface area contributed by atoms with Gasteiger partial charge in [-0.1, -0.05) is 44.2 Å². The van der Waals surface area contributed by atoms with Crippen LogP contribution >= 0.6 is 0 Å². The molecule has 1 unspecified atom stereocenters. The molecule has 60 heavy (non-hydrogen) atoms. The van der Waals surface area contributed by atoms with E-state index in [1.165, 1.54) is 33.2 Å². The largest absolute Gasteiger partial charge is 0.496 e. The summed E-state index contributed by atoms with van der Waals surface area (Å²) >= 11 is 0. The number of hydrogen-bond acceptors (Lipinski definition) is 12. The third-order valence-corrected chi connectivity index (χ3v) is 15.5. The van der Waals surface area contributed by atoms with Crippen molar-refractivity contribution in [2.45, 2.75) is 99.5 Å². The fourth-order valence-electron chi connectivity index (χ4n) is 13.4. The number of aromatic nitrogens is 1. The third kappa shape index (κ3) is 5.19. The Bertz CT molecular complexity index is 2310. The highest BCUT2D eigenvalue weighted by Gasteiger charge is 2.81. The minimum Gasteiger partial charge on any atom is -0.496 e. The first-order valence-corrected chi connectivity index (χ1v) is 21.3. The number of aliphatic hydroxyl groups is 2. The average molecular weight is 825 g/mol. The summed E-state index contributed by atoms with van der Waals surface area (Å²) in [7, 11) is 4.09. The van der Waals surface area contributed by atoms with Gasteiger partial charge in [-0.25, -0.2) is 4.79 Å². The van der Waals surface area contributed by atoms with E-state index < -0.39 is 63.5 Å². The van der Waals surface area contributed by atoms with Crippen molar-refractivity contribution in [2.24, 2.45) is 11.3 Å². The van der Waals surface area contributed by atoms with Crippen molar-refractivity contribution in [3.63, 3.8) is 0 Å². The molecule has 14 nitrogen and oxygen atoms in total. The Labute approximate surface area is 349 Å². The Hall–Kier alpha value is -4.76. The number of hydrogen-bond donors (Lipinski definition) is 3. The maximum absolute atomic E-state index is 15.3. The zero-order valence-electron chi connectivity index (χ0n) is 35.3. The number of ether oxygens (including phenoxy) is 4. The third-order valence-electron chi connectivity index (χ3n) is 15.5. The zero-order valence-corrected chi connectivity index (χ0v) is 35.3. The summed E-state index contributed by atoms with van der Waals surface area (Å²) in [5.41, 5.74) is -3.15. The fraction of sp³-hybridized carbons (Fsp3) is 0.565. The molecular weight excluding hydrogens is 769 g/mol. The van der Waals surface area contributed by atoms with Crippen LogP contribution in [-0.2, 0) is 50.6 Å². The van der Waals surface area contributed by atoms with Crippen LogP contribution in [0.25, 0.3) is 10.9 Å². The maximum atomic E-state index is 15.3. The second kappa shape index (κ2) is 14.1. The Morgan fingerprint density at radius 2 is 1.73 bits per heavy atom. The van der Waals surface area contributed by atoms with Crippen molar-refractivity contribution in [2.75, 3.05) is 59.0 Å². The summed E-state index contributed by atoms with van der Waals surface area (Å²) in [6.07, 6.45) is 5.83. The first-order chi connectivity index (χ1) is 28.8. The molecule has 1 aromatic heterocycles. The molecule has 3 N–H and O–H groups in total. The van der Waals surface area contributed by atoms with Crippen molar-refractivity contribution in [1.29, 1.82) is 0 Å². The second-order valence-corrected chi connectivity index (χ2v) is 18.1. The monoisotopic (exact) mass is 824 g/mol. The van der Waals surface area contributed by atoms with Crippen LogP contribution in [0.5, 0.6) is 5.75 Å². The first kappa shape index (κ1) is 40.6. The molecular formula is C46H56N4O10. The highest BCUT2D eigenvalue weighted by molar-refractivity contribution is 5.96. The van der Waals surface area contributed by atoms with Crippen LogP contribution in [0.1, 0.15) is 75.3 Å². The minimum absolute atomic E-state index is 0.155. The number of nitrogens with one attached hydrogen (secondary N) is 1. The van der Waals surface area contributed by atoms with Gasteiger partial charge in [-0.2, -0.15) is 0 Å². The van der Waals surface area contributed by atoms with Crippen molar-refractivity contribution in [3.8, 4) is 5.75 Å². The normalized spacial score (nSPS) is 36.5. The second-order valence-electron chi connectivity index (χ2n) is 18.1. The van der Waals surface area contributed by atoms with E-state index in [1.807, 2.05) is 50.3 Å². The number of amides is 1. The number of nitrogens with zero attached hydrogens (tertiary/aromatic N) is 3. The van der Waals surface area contributed by atoms with Gasteiger partial charge in [-0.3, -0.25) is 24.2 Å². The highest BCUT2D eigenvalue weighted by atomic mass is 16.6. The van der Waals surface area contributed by atoms with E-state index in [-0.39, 0.29) is 12.3 Å². The van der Waals surface area contributed by atoms with E-state index in [9.17, 15) is 24.6 Å². The number of para-hydroxylation sites is 1. The van der Waals surface area contributed by atoms with Crippen molar-refractivity contribution >= 4 is 40.9 Å². The molecule has 10 atom stereocenters. The van der Waals surface area contributed by atoms with Gasteiger partial charge in [0.1, 0.15) is 11.2 Å². The van der Waals surface area contributed by atoms with Crippen LogP contribution in [0, 0.1) is 11.3 Å². The van der Waals surface area contributed by atoms with E-state index in [1.54, 1.807) is 6.07 Å². The molecule has 6 heterocycles. The number of fused-ring (bicyclic) bond motifs is 6. The predicted octanol–water partition coefficient (Wildman–Crippen LogP) is 3.52. The summed E-state index contributed by atoms with van der Waals surface area (Å²) in [5, 5.41) is 26.3. The summed E-state index contributed by atoms with van der Waals surface area (Å²) < 4.78 is 23.7. The Morgan fingerprint density at radius 1 is 0.967 bits per heavy atom. The molecule has 2 saturated heterocycles. The SMILES string of the molecule is CC[C@]1(O)C[C@@H]2CN(CCc3c([nH]c4ccccc34)[C@@](C(=O)OC)(c3cc4c(cc3OC)N(C=O)[C@@H]3[C@@](O)(C(=O)OC)[C@@H](OC(C)=O)[C@]5(CC)C=CCN6CC[C@]43[C@@H]65)C2)C1. The van der Waals surface area contributed by atoms with E-state index in [0.29, 0.717) is 99.5 Å². The van der Waals surface area contributed by atoms with Gasteiger partial charge in [0.05, 0.1) is 38.7 Å². The number of aromatic amines is 1. The Morgan fingerprint density at radius 3 is 2.42 bits per heavy atom. The van der Waals surface area contributed by atoms with Crippen LogP contribution in [0.4, 0.5) is 5.69 Å². The zero-order chi connectivity index (χ0) is 42.6. The number of H-pyrrole nitrogens is 1. The van der Waals surface area contributed by atoms with E-state index >= 15 is 4.79 Å². The summed E-state index contributed by atoms with van der Waals surface area (Å²) in [6.45, 7) is 8.16. The predicted molar refractivity (Wildman–Crippen MR) is 221 cm³/mol. The molecule has 5 aliphatic heterocycles. The van der Waals surface area contributed by atoms with Gasteiger partial charge < -0.3 is 39.0 Å². The molecule has 3 fully saturated rings. The van der Waals surface area contributed by atoms with Crippen molar-refractivity contribution < 1.29 is 48.3 Å². The fourth-order valence-corrected chi connectivity index (χ4v) is 13.4. The van der Waals surface area contributed by atoms with Crippen molar-refractivity contribution in [3.05, 3.63) is 70.9 Å². The van der Waals surface area contributed by atoms with Crippen LogP contribution in [-0.4, -0.2) is 133 Å². The number of anilines is 1. The molecule has 6 aliphatic rings. The van der Waals surface area contributed by atoms with E-state index in [0.717, 1.165) is 16.5 Å². The highest BCUT2D eigenvalue weighted by Crippen LogP contribution is 2.68. The Kier molecular flexibility index (Phi) is 9.58. The average Bonchev–Trinajstić information content (AvgIpc) is 3.92. The van der Waals surface area contributed by atoms with Gasteiger partial charge in [0.2, 0.25) is 12.0 Å². The molecule has 14 heteroatoms. The van der Waals surface area contributed by atoms with Gasteiger partial charge in [0.15, 0.2) is 6.10 Å². The molecule has 1 spiro atoms. The lowest BCUT2D eigenvalue weighted by atomic mass is 9.47. The number of carbonyl (C=O) groups excluding carboxylic acids is 4. The number of methoxy groups -OCH3 is 3. The molecule has 9 rings (SSSR count). The van der Waals surface area contributed by atoms with Gasteiger partial charge in [0.25, 0.3) is 0 Å². The van der Waals surface area contributed by atoms with Crippen molar-refractivity contribution in [1.82, 2.24) is 14.8 Å². The summed E-state index contributed by atoms with van der Waals surface area (Å²) in [5.74, 6) is -2.06. The lowest BCUT2D eigenvalue weighted by Gasteiger charge is -2.63. The molecule has 320 valence electrons. The first-order valence-electron chi connectivity index (χ1n) is 21.3. The van der Waals surface area contributed by atoms with Gasteiger partial charge in [0, 0.05) is 78.2 Å². The number of benzene rings is 2. The molecule has 3 aromatic rings. The van der Waals surface area contributed by atoms with E-state index in [2.05, 4.69) is 20.9 Å². The van der Waals surface area contributed by atoms with Gasteiger partial charge in [-0.15, -0.1) is 0 Å². The molecule has 2 aromatic carbocycles. The topological polar surface area (TPSA) is 171 Å². The summed E-state index contributed by atoms with van der Waals surface area (Å²) in [6, 6.07) is 9.97. The van der Waals surface area contributed by atoms with Crippen LogP contribution in [0.15, 0.2) is 48.6 Å². The standard InChI is InChI=1S/C46H56N4O10/c1-7-42(55)22-28-23-45(40(53)58-5,36-30(14-18-48(24-28)25-42)29-12-9-10-13-33(29)47-36)32-20-31-34(21-35(32)57-4)50(26-51)38-44(31)16-19-49-17-11-15-43(8-2,37(44)49)39(60-27(3)52)46(38,56)41(54)59-6/h9-13,15,20-21,26,28,37-39,47,55-56H,7-8,14,16-19,22-25H2,1-6H3/t28-,37-,38-,39-,42-,43+,44+,45-,46-/m0/s1. The smallest absolute Gasteiger partial charge is 0.344 e. The minimum atomic E-state index is -2.53. The van der Waals surface area contributed by atoms with Gasteiger partial charge in [-0.05, 0) is 74.2 Å². The van der Waals surface area contributed by atoms with Crippen LogP contribution in [0.3, 0.4) is 0 Å². The number of carbonyl (C=O) groups is 4. The molecule has 1 saturated carbocycles. The van der Waals surface area contributed by atoms with Crippen LogP contribution in [0.2, 0.25) is 0 Å². The van der Waals surface area contributed by atoms with Gasteiger partial charge >= 0.3 is 17.9 Å². The molecule has 0 radical (unpaired) electrons. The molecule has 2 bridgehead atoms. The quantitative estimate of drug-likeness (QED) is 0.131. The maximum Gasteiger partial charge on any atom is 0.344 e. The van der Waals surface area contributed by atoms with E-state index in [4.69, 9.17) is 18.9 Å². The molecule has 1 amide bonds. The lowest BCUT2D eigenvalue weighted by molar-refractivity contribution is -0.228. The summed E-state index contributed by atoms with van der Waals surface area (Å²) in [4.78, 5) is 66.1. The number of piperidine rings is 1. The number of rotatable bonds is 8. The molecule has 1 aliphatic carbocycles. The number of esters is 3. The lowest BCUT2D eigenvalue weighted by Crippen LogP contribution is -2.81. The Balaban J connectivity index is 1.38. The van der Waals surface area contributed by atoms with Crippen LogP contribution < -0.4 is 9.64 Å².